The van der Waals surface area contributed by atoms with Crippen LogP contribution in [0.5, 0.6) is 5.75 Å². The Balaban J connectivity index is 2.64. The minimum Gasteiger partial charge on any atom is -0.406 e. The molecule has 0 atom stereocenters. The number of halogens is 3. The van der Waals surface area contributed by atoms with E-state index in [-0.39, 0.29) is 12.2 Å². The Bertz CT molecular complexity index is 493. The number of nitrogens with two attached hydrogens (primary N) is 2. The Kier molecular flexibility index (Phi) is 7.13. The highest BCUT2D eigenvalue weighted by atomic mass is 19.4. The van der Waals surface area contributed by atoms with E-state index in [0.717, 1.165) is 31.4 Å². The van der Waals surface area contributed by atoms with Gasteiger partial charge in [-0.1, -0.05) is 6.07 Å². The third kappa shape index (κ3) is 6.77. The number of rotatable bonds is 9. The summed E-state index contributed by atoms with van der Waals surface area (Å²) in [7, 11) is 0. The van der Waals surface area contributed by atoms with Crippen molar-refractivity contribution in [2.75, 3.05) is 13.2 Å². The van der Waals surface area contributed by atoms with Crippen LogP contribution in [0.4, 0.5) is 13.2 Å². The first-order chi connectivity index (χ1) is 10.3. The normalized spacial score (nSPS) is 11.5. The maximum absolute atomic E-state index is 12.2. The SMILES string of the molecule is NCCCCCOCc1ccc(OC(F)(F)F)cc1C(N)=O. The fraction of sp³-hybridized carbons (Fsp3) is 0.500. The third-order valence-electron chi connectivity index (χ3n) is 2.83. The largest absolute Gasteiger partial charge is 0.573 e. The topological polar surface area (TPSA) is 87.6 Å². The van der Waals surface area contributed by atoms with Gasteiger partial charge in [0.2, 0.25) is 5.91 Å². The maximum Gasteiger partial charge on any atom is 0.573 e. The molecule has 0 aliphatic carbocycles. The summed E-state index contributed by atoms with van der Waals surface area (Å²) in [6, 6.07) is 3.41. The molecule has 0 unspecified atom stereocenters. The molecule has 0 aliphatic rings. The number of hydrogen-bond donors (Lipinski definition) is 2. The Morgan fingerprint density at radius 3 is 2.50 bits per heavy atom. The van der Waals surface area contributed by atoms with Crippen molar-refractivity contribution in [2.24, 2.45) is 11.5 Å². The second kappa shape index (κ2) is 8.60. The van der Waals surface area contributed by atoms with Crippen LogP contribution in [-0.2, 0) is 11.3 Å². The lowest BCUT2D eigenvalue weighted by molar-refractivity contribution is -0.274. The fourth-order valence-corrected chi connectivity index (χ4v) is 1.82. The summed E-state index contributed by atoms with van der Waals surface area (Å²) in [6.07, 6.45) is -2.18. The van der Waals surface area contributed by atoms with Gasteiger partial charge in [-0.2, -0.15) is 0 Å². The maximum atomic E-state index is 12.2. The van der Waals surface area contributed by atoms with Gasteiger partial charge < -0.3 is 20.9 Å². The van der Waals surface area contributed by atoms with Crippen molar-refractivity contribution < 1.29 is 27.4 Å². The molecule has 0 aromatic heterocycles. The van der Waals surface area contributed by atoms with Crippen LogP contribution in [-0.4, -0.2) is 25.4 Å². The van der Waals surface area contributed by atoms with E-state index in [1.54, 1.807) is 0 Å². The van der Waals surface area contributed by atoms with Crippen molar-refractivity contribution in [1.29, 1.82) is 0 Å². The molecule has 0 aliphatic heterocycles. The molecule has 1 amide bonds. The van der Waals surface area contributed by atoms with E-state index < -0.39 is 18.0 Å². The van der Waals surface area contributed by atoms with Gasteiger partial charge in [0.1, 0.15) is 5.75 Å². The predicted octanol–water partition coefficient (Wildman–Crippen LogP) is 2.33. The average Bonchev–Trinajstić information content (AvgIpc) is 2.42. The van der Waals surface area contributed by atoms with Crippen LogP contribution >= 0.6 is 0 Å². The van der Waals surface area contributed by atoms with Crippen molar-refractivity contribution in [1.82, 2.24) is 0 Å². The monoisotopic (exact) mass is 320 g/mol. The number of amides is 1. The number of carbonyl (C=O) groups is 1. The second-order valence-corrected chi connectivity index (χ2v) is 4.63. The summed E-state index contributed by atoms with van der Waals surface area (Å²) in [5.74, 6) is -1.33. The molecule has 124 valence electrons. The van der Waals surface area contributed by atoms with Gasteiger partial charge in [0, 0.05) is 12.2 Å². The van der Waals surface area contributed by atoms with E-state index in [1.807, 2.05) is 0 Å². The lowest BCUT2D eigenvalue weighted by atomic mass is 10.1. The molecule has 0 saturated carbocycles. The fourth-order valence-electron chi connectivity index (χ4n) is 1.82. The van der Waals surface area contributed by atoms with Crippen molar-refractivity contribution in [3.05, 3.63) is 29.3 Å². The minimum absolute atomic E-state index is 0.0521. The summed E-state index contributed by atoms with van der Waals surface area (Å²) >= 11 is 0. The van der Waals surface area contributed by atoms with Crippen LogP contribution in [0.15, 0.2) is 18.2 Å². The molecule has 0 saturated heterocycles. The molecule has 1 aromatic carbocycles. The number of benzene rings is 1. The zero-order valence-corrected chi connectivity index (χ0v) is 12.0. The molecule has 1 rings (SSSR count). The number of ether oxygens (including phenoxy) is 2. The standard InChI is InChI=1S/C14H19F3N2O3/c15-14(16,17)22-11-5-4-10(12(8-11)13(19)20)9-21-7-3-1-2-6-18/h4-5,8H,1-3,6-7,9,18H2,(H2,19,20). The van der Waals surface area contributed by atoms with Crippen LogP contribution in [0, 0.1) is 0 Å². The van der Waals surface area contributed by atoms with Gasteiger partial charge in [-0.25, -0.2) is 0 Å². The van der Waals surface area contributed by atoms with Gasteiger partial charge >= 0.3 is 6.36 Å². The van der Waals surface area contributed by atoms with Crippen LogP contribution in [0.1, 0.15) is 35.2 Å². The van der Waals surface area contributed by atoms with E-state index in [1.165, 1.54) is 6.07 Å². The van der Waals surface area contributed by atoms with Gasteiger partial charge in [-0.3, -0.25) is 4.79 Å². The summed E-state index contributed by atoms with van der Waals surface area (Å²) < 4.78 is 45.6. The zero-order chi connectivity index (χ0) is 16.6. The van der Waals surface area contributed by atoms with Crippen molar-refractivity contribution in [3.8, 4) is 5.75 Å². The van der Waals surface area contributed by atoms with E-state index in [9.17, 15) is 18.0 Å². The molecule has 0 bridgehead atoms. The molecule has 4 N–H and O–H groups in total. The first-order valence-electron chi connectivity index (χ1n) is 6.80. The van der Waals surface area contributed by atoms with Gasteiger partial charge in [0.15, 0.2) is 0 Å². The molecular formula is C14H19F3N2O3. The van der Waals surface area contributed by atoms with Gasteiger partial charge in [-0.05, 0) is 43.5 Å². The third-order valence-corrected chi connectivity index (χ3v) is 2.83. The highest BCUT2D eigenvalue weighted by Crippen LogP contribution is 2.25. The predicted molar refractivity (Wildman–Crippen MR) is 74.2 cm³/mol. The molecule has 0 spiro atoms. The van der Waals surface area contributed by atoms with Gasteiger partial charge in [0.05, 0.1) is 6.61 Å². The van der Waals surface area contributed by atoms with Gasteiger partial charge in [-0.15, -0.1) is 13.2 Å². The number of carbonyl (C=O) groups excluding carboxylic acids is 1. The molecule has 5 nitrogen and oxygen atoms in total. The molecule has 0 heterocycles. The summed E-state index contributed by atoms with van der Waals surface area (Å²) in [5, 5.41) is 0. The molecule has 0 fully saturated rings. The van der Waals surface area contributed by atoms with E-state index in [4.69, 9.17) is 16.2 Å². The molecule has 22 heavy (non-hydrogen) atoms. The second-order valence-electron chi connectivity index (χ2n) is 4.63. The van der Waals surface area contributed by atoms with Crippen molar-refractivity contribution >= 4 is 5.91 Å². The average molecular weight is 320 g/mol. The molecule has 8 heteroatoms. The lowest BCUT2D eigenvalue weighted by Gasteiger charge is -2.12. The van der Waals surface area contributed by atoms with E-state index in [2.05, 4.69) is 4.74 Å². The van der Waals surface area contributed by atoms with Crippen LogP contribution in [0.2, 0.25) is 0 Å². The van der Waals surface area contributed by atoms with Gasteiger partial charge in [0.25, 0.3) is 0 Å². The van der Waals surface area contributed by atoms with Crippen LogP contribution in [0.25, 0.3) is 0 Å². The quantitative estimate of drug-likeness (QED) is 0.684. The first-order valence-corrected chi connectivity index (χ1v) is 6.80. The highest BCUT2D eigenvalue weighted by molar-refractivity contribution is 5.94. The zero-order valence-electron chi connectivity index (χ0n) is 12.0. The minimum atomic E-state index is -4.82. The summed E-state index contributed by atoms with van der Waals surface area (Å²) in [6.45, 7) is 1.18. The van der Waals surface area contributed by atoms with E-state index >= 15 is 0 Å². The number of hydrogen-bond acceptors (Lipinski definition) is 4. The lowest BCUT2D eigenvalue weighted by Crippen LogP contribution is -2.19. The smallest absolute Gasteiger partial charge is 0.406 e. The van der Waals surface area contributed by atoms with Crippen LogP contribution < -0.4 is 16.2 Å². The Morgan fingerprint density at radius 1 is 1.18 bits per heavy atom. The van der Waals surface area contributed by atoms with Crippen LogP contribution in [0.3, 0.4) is 0 Å². The summed E-state index contributed by atoms with van der Waals surface area (Å²) in [5.41, 5.74) is 10.9. The van der Waals surface area contributed by atoms with Crippen molar-refractivity contribution in [2.45, 2.75) is 32.2 Å². The summed E-state index contributed by atoms with van der Waals surface area (Å²) in [4.78, 5) is 11.3. The number of alkyl halides is 3. The Hall–Kier alpha value is -1.80. The highest BCUT2D eigenvalue weighted by Gasteiger charge is 2.31. The van der Waals surface area contributed by atoms with Crippen molar-refractivity contribution in [3.63, 3.8) is 0 Å². The molecule has 1 aromatic rings. The molecule has 0 radical (unpaired) electrons. The number of primary amides is 1. The Labute approximate surface area is 126 Å². The first kappa shape index (κ1) is 18.2. The van der Waals surface area contributed by atoms with E-state index in [0.29, 0.717) is 18.7 Å². The number of unbranched alkanes of at least 4 members (excludes halogenated alkanes) is 2. The molecular weight excluding hydrogens is 301 g/mol. The Morgan fingerprint density at radius 2 is 1.91 bits per heavy atom.